The Labute approximate surface area is 196 Å². The van der Waals surface area contributed by atoms with E-state index in [1.807, 2.05) is 30.3 Å². The van der Waals surface area contributed by atoms with Gasteiger partial charge in [-0.15, -0.1) is 0 Å². The highest BCUT2D eigenvalue weighted by atomic mass is 16.7. The lowest BCUT2D eigenvalue weighted by Gasteiger charge is -2.44. The maximum absolute atomic E-state index is 12.0. The number of nitrogens with one attached hydrogen (secondary N) is 1. The number of carbonyl (C=O) groups is 4. The van der Waals surface area contributed by atoms with E-state index < -0.39 is 54.5 Å². The van der Waals surface area contributed by atoms with Gasteiger partial charge in [0, 0.05) is 27.7 Å². The molecule has 2 aromatic carbocycles. The van der Waals surface area contributed by atoms with Crippen LogP contribution in [0.5, 0.6) is 5.75 Å². The number of benzene rings is 2. The highest BCUT2D eigenvalue weighted by Gasteiger charge is 2.51. The van der Waals surface area contributed by atoms with Gasteiger partial charge in [0.2, 0.25) is 12.2 Å². The van der Waals surface area contributed by atoms with Gasteiger partial charge in [0.25, 0.3) is 0 Å². The molecule has 2 aromatic rings. The zero-order chi connectivity index (χ0) is 24.8. The van der Waals surface area contributed by atoms with Gasteiger partial charge in [-0.2, -0.15) is 0 Å². The number of fused-ring (bicyclic) bond motifs is 1. The molecular weight excluding hydrogens is 446 g/mol. The monoisotopic (exact) mass is 473 g/mol. The van der Waals surface area contributed by atoms with Crippen LogP contribution in [-0.2, 0) is 38.1 Å². The second-order valence-electron chi connectivity index (χ2n) is 7.85. The van der Waals surface area contributed by atoms with Gasteiger partial charge >= 0.3 is 17.9 Å². The van der Waals surface area contributed by atoms with E-state index in [4.69, 9.17) is 23.7 Å². The van der Waals surface area contributed by atoms with Crippen LogP contribution in [0.15, 0.2) is 42.5 Å². The second-order valence-corrected chi connectivity index (χ2v) is 7.85. The van der Waals surface area contributed by atoms with Crippen LogP contribution < -0.4 is 10.1 Å². The molecule has 1 aliphatic heterocycles. The third kappa shape index (κ3) is 6.44. The molecule has 0 aromatic heterocycles. The standard InChI is InChI=1S/C24H27NO9/c1-13(26)25-21-23(32-16(4)29)22(31-15(3)28)20(12-30-14(2)27)34-24(21)33-19-10-9-17-7-5-6-8-18(17)11-19/h5-11,20-24H,12H2,1-4H3,(H,25,26)/t20-,21-,22+,23+,24-/m0/s1. The largest absolute Gasteiger partial charge is 0.463 e. The average molecular weight is 473 g/mol. The summed E-state index contributed by atoms with van der Waals surface area (Å²) in [4.78, 5) is 47.1. The molecule has 5 atom stereocenters. The van der Waals surface area contributed by atoms with E-state index in [2.05, 4.69) is 5.32 Å². The van der Waals surface area contributed by atoms with Crippen molar-refractivity contribution in [3.63, 3.8) is 0 Å². The Balaban J connectivity index is 1.98. The summed E-state index contributed by atoms with van der Waals surface area (Å²) in [5, 5.41) is 4.58. The van der Waals surface area contributed by atoms with Crippen molar-refractivity contribution in [2.75, 3.05) is 6.61 Å². The molecule has 10 heteroatoms. The van der Waals surface area contributed by atoms with Crippen LogP contribution in [0.4, 0.5) is 0 Å². The SMILES string of the molecule is CC(=O)N[C@@H]1[C@@H](Oc2ccc3ccccc3c2)O[C@@H](COC(C)=O)[C@@H](OC(C)=O)[C@@H]1OC(C)=O. The molecule has 34 heavy (non-hydrogen) atoms. The summed E-state index contributed by atoms with van der Waals surface area (Å²) in [6.45, 7) is 4.57. The predicted octanol–water partition coefficient (Wildman–Crippen LogP) is 1.87. The van der Waals surface area contributed by atoms with Gasteiger partial charge in [-0.25, -0.2) is 0 Å². The van der Waals surface area contributed by atoms with Gasteiger partial charge in [0.05, 0.1) is 0 Å². The fourth-order valence-corrected chi connectivity index (χ4v) is 3.77. The molecule has 0 unspecified atom stereocenters. The Hall–Kier alpha value is -3.66. The lowest BCUT2D eigenvalue weighted by atomic mass is 9.96. The van der Waals surface area contributed by atoms with Crippen LogP contribution in [-0.4, -0.2) is 61.1 Å². The maximum atomic E-state index is 12.0. The Morgan fingerprint density at radius 2 is 1.50 bits per heavy atom. The van der Waals surface area contributed by atoms with Crippen molar-refractivity contribution < 1.29 is 42.9 Å². The summed E-state index contributed by atoms with van der Waals surface area (Å²) in [6.07, 6.45) is -4.55. The number of amides is 1. The van der Waals surface area contributed by atoms with Crippen LogP contribution in [0.1, 0.15) is 27.7 Å². The fraction of sp³-hybridized carbons (Fsp3) is 0.417. The fourth-order valence-electron chi connectivity index (χ4n) is 3.77. The zero-order valence-electron chi connectivity index (χ0n) is 19.3. The van der Waals surface area contributed by atoms with Gasteiger partial charge in [-0.3, -0.25) is 19.2 Å². The third-order valence-corrected chi connectivity index (χ3v) is 5.04. The molecule has 1 N–H and O–H groups in total. The van der Waals surface area contributed by atoms with Crippen LogP contribution in [0, 0.1) is 0 Å². The summed E-state index contributed by atoms with van der Waals surface area (Å²) in [5.74, 6) is -1.94. The number of hydrogen-bond donors (Lipinski definition) is 1. The number of carbonyl (C=O) groups excluding carboxylic acids is 4. The molecule has 1 fully saturated rings. The van der Waals surface area contributed by atoms with E-state index >= 15 is 0 Å². The molecule has 1 aliphatic rings. The van der Waals surface area contributed by atoms with E-state index in [-0.39, 0.29) is 6.61 Å². The van der Waals surface area contributed by atoms with Crippen molar-refractivity contribution in [3.05, 3.63) is 42.5 Å². The summed E-state index contributed by atoms with van der Waals surface area (Å²) >= 11 is 0. The molecule has 0 aliphatic carbocycles. The highest BCUT2D eigenvalue weighted by Crippen LogP contribution is 2.30. The molecule has 182 valence electrons. The van der Waals surface area contributed by atoms with Gasteiger partial charge < -0.3 is 29.0 Å². The van der Waals surface area contributed by atoms with E-state index in [0.29, 0.717) is 5.75 Å². The molecule has 1 heterocycles. The minimum absolute atomic E-state index is 0.296. The summed E-state index contributed by atoms with van der Waals surface area (Å²) < 4.78 is 28.0. The Morgan fingerprint density at radius 1 is 0.853 bits per heavy atom. The first kappa shape index (κ1) is 25.0. The number of esters is 3. The van der Waals surface area contributed by atoms with Crippen LogP contribution in [0.2, 0.25) is 0 Å². The lowest BCUT2D eigenvalue weighted by Crippen LogP contribution is -2.67. The first-order valence-corrected chi connectivity index (χ1v) is 10.7. The normalized spacial score (nSPS) is 24.1. The van der Waals surface area contributed by atoms with Crippen molar-refractivity contribution in [3.8, 4) is 5.75 Å². The zero-order valence-corrected chi connectivity index (χ0v) is 19.3. The maximum Gasteiger partial charge on any atom is 0.303 e. The van der Waals surface area contributed by atoms with Crippen molar-refractivity contribution in [2.45, 2.75) is 58.3 Å². The number of rotatable bonds is 7. The van der Waals surface area contributed by atoms with Crippen molar-refractivity contribution in [2.24, 2.45) is 0 Å². The molecule has 0 bridgehead atoms. The quantitative estimate of drug-likeness (QED) is 0.474. The van der Waals surface area contributed by atoms with Gasteiger partial charge in [0.15, 0.2) is 12.2 Å². The van der Waals surface area contributed by atoms with E-state index in [1.54, 1.807) is 12.1 Å². The van der Waals surface area contributed by atoms with E-state index in [9.17, 15) is 19.2 Å². The van der Waals surface area contributed by atoms with E-state index in [0.717, 1.165) is 10.8 Å². The Morgan fingerprint density at radius 3 is 2.12 bits per heavy atom. The molecule has 1 saturated heterocycles. The Kier molecular flexibility index (Phi) is 8.06. The molecule has 0 spiro atoms. The van der Waals surface area contributed by atoms with Gasteiger partial charge in [0.1, 0.15) is 24.5 Å². The average Bonchev–Trinajstić information content (AvgIpc) is 2.75. The van der Waals surface area contributed by atoms with Crippen molar-refractivity contribution in [1.82, 2.24) is 5.32 Å². The summed E-state index contributed by atoms with van der Waals surface area (Å²) in [7, 11) is 0. The van der Waals surface area contributed by atoms with Crippen LogP contribution in [0.25, 0.3) is 10.8 Å². The lowest BCUT2D eigenvalue weighted by molar-refractivity contribution is -0.257. The first-order valence-electron chi connectivity index (χ1n) is 10.7. The molecule has 0 saturated carbocycles. The highest BCUT2D eigenvalue weighted by molar-refractivity contribution is 5.83. The van der Waals surface area contributed by atoms with Gasteiger partial charge in [-0.05, 0) is 22.9 Å². The topological polar surface area (TPSA) is 126 Å². The van der Waals surface area contributed by atoms with Crippen molar-refractivity contribution in [1.29, 1.82) is 0 Å². The van der Waals surface area contributed by atoms with E-state index in [1.165, 1.54) is 27.7 Å². The Bertz CT molecular complexity index is 1070. The summed E-state index contributed by atoms with van der Waals surface area (Å²) in [6, 6.07) is 12.0. The minimum Gasteiger partial charge on any atom is -0.463 e. The third-order valence-electron chi connectivity index (χ3n) is 5.04. The minimum atomic E-state index is -1.18. The second kappa shape index (κ2) is 11.0. The molecular formula is C24H27NO9. The smallest absolute Gasteiger partial charge is 0.303 e. The van der Waals surface area contributed by atoms with Crippen molar-refractivity contribution >= 4 is 34.6 Å². The molecule has 10 nitrogen and oxygen atoms in total. The number of ether oxygens (including phenoxy) is 5. The predicted molar refractivity (Wildman–Crippen MR) is 119 cm³/mol. The first-order chi connectivity index (χ1) is 16.1. The van der Waals surface area contributed by atoms with Gasteiger partial charge in [-0.1, -0.05) is 30.3 Å². The van der Waals surface area contributed by atoms with Crippen LogP contribution in [0.3, 0.4) is 0 Å². The summed E-state index contributed by atoms with van der Waals surface area (Å²) in [5.41, 5.74) is 0. The van der Waals surface area contributed by atoms with Crippen LogP contribution >= 0.6 is 0 Å². The molecule has 1 amide bonds. The molecule has 3 rings (SSSR count). The number of hydrogen-bond acceptors (Lipinski definition) is 9. The molecule has 0 radical (unpaired) electrons.